The van der Waals surface area contributed by atoms with Gasteiger partial charge < -0.3 is 5.32 Å². The van der Waals surface area contributed by atoms with Crippen LogP contribution in [-0.2, 0) is 16.4 Å². The minimum atomic E-state index is -3.38. The summed E-state index contributed by atoms with van der Waals surface area (Å²) in [6.07, 6.45) is 2.11. The lowest BCUT2D eigenvalue weighted by Gasteiger charge is -2.08. The van der Waals surface area contributed by atoms with Crippen LogP contribution in [0.25, 0.3) is 0 Å². The quantitative estimate of drug-likeness (QED) is 0.682. The zero-order valence-electron chi connectivity index (χ0n) is 13.1. The number of sulfonamides is 1. The van der Waals surface area contributed by atoms with Crippen LogP contribution in [-0.4, -0.2) is 28.1 Å². The van der Waals surface area contributed by atoms with E-state index in [2.05, 4.69) is 23.9 Å². The highest BCUT2D eigenvalue weighted by Gasteiger charge is 2.12. The van der Waals surface area contributed by atoms with Crippen molar-refractivity contribution in [2.24, 2.45) is 5.92 Å². The van der Waals surface area contributed by atoms with Gasteiger partial charge in [0.1, 0.15) is 0 Å². The second-order valence-electron chi connectivity index (χ2n) is 5.33. The molecule has 6 heteroatoms. The molecule has 0 aliphatic heterocycles. The van der Waals surface area contributed by atoms with Gasteiger partial charge in [-0.15, -0.1) is 12.4 Å². The highest BCUT2D eigenvalue weighted by Crippen LogP contribution is 2.13. The lowest BCUT2D eigenvalue weighted by Crippen LogP contribution is -2.31. The van der Waals surface area contributed by atoms with E-state index in [4.69, 9.17) is 0 Å². The predicted octanol–water partition coefficient (Wildman–Crippen LogP) is 2.58. The Balaban J connectivity index is 0.00000400. The van der Waals surface area contributed by atoms with Gasteiger partial charge in [-0.1, -0.05) is 32.9 Å². The van der Waals surface area contributed by atoms with Gasteiger partial charge in [0.2, 0.25) is 10.0 Å². The molecule has 2 N–H and O–H groups in total. The first-order valence-electron chi connectivity index (χ1n) is 7.25. The van der Waals surface area contributed by atoms with Crippen molar-refractivity contribution in [1.29, 1.82) is 0 Å². The monoisotopic (exact) mass is 334 g/mol. The number of likely N-dealkylation sites (N-methyl/N-ethyl adjacent to an activating group) is 1. The Bertz CT molecular complexity index is 487. The molecule has 0 aromatic heterocycles. The van der Waals surface area contributed by atoms with Gasteiger partial charge in [0, 0.05) is 13.1 Å². The SMILES string of the molecule is CCNCCNS(=O)(=O)c1ccc(CCC(C)C)cc1.Cl. The number of benzene rings is 1. The fourth-order valence-corrected chi connectivity index (χ4v) is 2.86. The van der Waals surface area contributed by atoms with Gasteiger partial charge in [-0.2, -0.15) is 0 Å². The summed E-state index contributed by atoms with van der Waals surface area (Å²) >= 11 is 0. The molecule has 0 atom stereocenters. The minimum absolute atomic E-state index is 0. The van der Waals surface area contributed by atoms with E-state index in [1.807, 2.05) is 19.1 Å². The Morgan fingerprint density at radius 3 is 2.24 bits per heavy atom. The van der Waals surface area contributed by atoms with Crippen molar-refractivity contribution < 1.29 is 8.42 Å². The summed E-state index contributed by atoms with van der Waals surface area (Å²) in [5.41, 5.74) is 1.19. The van der Waals surface area contributed by atoms with Crippen LogP contribution < -0.4 is 10.0 Å². The predicted molar refractivity (Wildman–Crippen MR) is 90.6 cm³/mol. The third-order valence-electron chi connectivity index (χ3n) is 3.09. The van der Waals surface area contributed by atoms with Gasteiger partial charge in [0.25, 0.3) is 0 Å². The highest BCUT2D eigenvalue weighted by molar-refractivity contribution is 7.89. The van der Waals surface area contributed by atoms with Crippen LogP contribution in [0.3, 0.4) is 0 Å². The first kappa shape index (κ1) is 20.4. The normalized spacial score (nSPS) is 11.4. The number of nitrogens with one attached hydrogen (secondary N) is 2. The number of rotatable bonds is 9. The topological polar surface area (TPSA) is 58.2 Å². The van der Waals surface area contributed by atoms with Crippen LogP contribution in [0.2, 0.25) is 0 Å². The minimum Gasteiger partial charge on any atom is -0.316 e. The van der Waals surface area contributed by atoms with Gasteiger partial charge in [0.05, 0.1) is 4.90 Å². The van der Waals surface area contributed by atoms with E-state index >= 15 is 0 Å². The summed E-state index contributed by atoms with van der Waals surface area (Å²) in [4.78, 5) is 0.335. The fraction of sp³-hybridized carbons (Fsp3) is 0.600. The third-order valence-corrected chi connectivity index (χ3v) is 4.56. The first-order valence-corrected chi connectivity index (χ1v) is 8.73. The van der Waals surface area contributed by atoms with Crippen molar-refractivity contribution in [1.82, 2.24) is 10.0 Å². The van der Waals surface area contributed by atoms with E-state index < -0.39 is 10.0 Å². The van der Waals surface area contributed by atoms with Gasteiger partial charge in [-0.05, 0) is 43.0 Å². The standard InChI is InChI=1S/C15H26N2O2S.ClH/c1-4-16-11-12-17-20(18,19)15-9-7-14(8-10-15)6-5-13(2)3;/h7-10,13,16-17H,4-6,11-12H2,1-3H3;1H. The molecule has 0 saturated carbocycles. The molecule has 0 saturated heterocycles. The van der Waals surface area contributed by atoms with E-state index in [0.717, 1.165) is 19.4 Å². The molecule has 0 heterocycles. The molecule has 4 nitrogen and oxygen atoms in total. The third kappa shape index (κ3) is 7.81. The van der Waals surface area contributed by atoms with Crippen molar-refractivity contribution in [3.63, 3.8) is 0 Å². The van der Waals surface area contributed by atoms with E-state index in [9.17, 15) is 8.42 Å². The molecular weight excluding hydrogens is 308 g/mol. The molecule has 1 rings (SSSR count). The van der Waals surface area contributed by atoms with Crippen molar-refractivity contribution in [2.75, 3.05) is 19.6 Å². The number of halogens is 1. The smallest absolute Gasteiger partial charge is 0.240 e. The van der Waals surface area contributed by atoms with E-state index in [1.54, 1.807) is 12.1 Å². The van der Waals surface area contributed by atoms with E-state index in [0.29, 0.717) is 23.9 Å². The molecule has 0 aliphatic rings. The summed E-state index contributed by atoms with van der Waals surface area (Å²) in [7, 11) is -3.38. The van der Waals surface area contributed by atoms with Crippen molar-refractivity contribution in [2.45, 2.75) is 38.5 Å². The molecule has 0 radical (unpaired) electrons. The molecule has 0 fully saturated rings. The molecule has 122 valence electrons. The second kappa shape index (κ2) is 10.2. The van der Waals surface area contributed by atoms with Crippen LogP contribution in [0.1, 0.15) is 32.8 Å². The molecule has 1 aromatic carbocycles. The summed E-state index contributed by atoms with van der Waals surface area (Å²) in [6.45, 7) is 8.25. The maximum absolute atomic E-state index is 12.0. The maximum Gasteiger partial charge on any atom is 0.240 e. The van der Waals surface area contributed by atoms with Gasteiger partial charge >= 0.3 is 0 Å². The van der Waals surface area contributed by atoms with Gasteiger partial charge in [0.15, 0.2) is 0 Å². The fourth-order valence-electron chi connectivity index (χ4n) is 1.82. The van der Waals surface area contributed by atoms with Crippen molar-refractivity contribution in [3.05, 3.63) is 29.8 Å². The first-order chi connectivity index (χ1) is 9.45. The van der Waals surface area contributed by atoms with Gasteiger partial charge in [-0.3, -0.25) is 0 Å². The Kier molecular flexibility index (Phi) is 9.86. The molecule has 0 amide bonds. The van der Waals surface area contributed by atoms with E-state index in [-0.39, 0.29) is 12.4 Å². The molecule has 0 unspecified atom stereocenters. The molecule has 0 bridgehead atoms. The Hall–Kier alpha value is -0.620. The van der Waals surface area contributed by atoms with Crippen molar-refractivity contribution >= 4 is 22.4 Å². The lowest BCUT2D eigenvalue weighted by molar-refractivity contribution is 0.576. The molecule has 1 aromatic rings. The van der Waals surface area contributed by atoms with Crippen LogP contribution in [0.4, 0.5) is 0 Å². The zero-order valence-corrected chi connectivity index (χ0v) is 14.7. The summed E-state index contributed by atoms with van der Waals surface area (Å²) in [5, 5.41) is 3.08. The molecule has 0 spiro atoms. The number of hydrogen-bond donors (Lipinski definition) is 2. The second-order valence-corrected chi connectivity index (χ2v) is 7.09. The largest absolute Gasteiger partial charge is 0.316 e. The Labute approximate surface area is 135 Å². The maximum atomic E-state index is 12.0. The Morgan fingerprint density at radius 1 is 1.10 bits per heavy atom. The molecule has 21 heavy (non-hydrogen) atoms. The van der Waals surface area contributed by atoms with Crippen LogP contribution in [0, 0.1) is 5.92 Å². The average molecular weight is 335 g/mol. The zero-order chi connectivity index (χ0) is 15.0. The van der Waals surface area contributed by atoms with Crippen LogP contribution in [0.15, 0.2) is 29.2 Å². The van der Waals surface area contributed by atoms with Crippen LogP contribution in [0.5, 0.6) is 0 Å². The highest BCUT2D eigenvalue weighted by atomic mass is 35.5. The molecular formula is C15H27ClN2O2S. The summed E-state index contributed by atoms with van der Waals surface area (Å²) < 4.78 is 26.7. The van der Waals surface area contributed by atoms with Crippen molar-refractivity contribution in [3.8, 4) is 0 Å². The van der Waals surface area contributed by atoms with Crippen LogP contribution >= 0.6 is 12.4 Å². The van der Waals surface area contributed by atoms with E-state index in [1.165, 1.54) is 5.56 Å². The molecule has 0 aliphatic carbocycles. The number of hydrogen-bond acceptors (Lipinski definition) is 3. The lowest BCUT2D eigenvalue weighted by atomic mass is 10.0. The Morgan fingerprint density at radius 2 is 1.71 bits per heavy atom. The summed E-state index contributed by atoms with van der Waals surface area (Å²) in [6, 6.07) is 7.18. The number of aryl methyl sites for hydroxylation is 1. The average Bonchev–Trinajstić information content (AvgIpc) is 2.42. The van der Waals surface area contributed by atoms with Gasteiger partial charge in [-0.25, -0.2) is 13.1 Å². The summed E-state index contributed by atoms with van der Waals surface area (Å²) in [5.74, 6) is 0.658.